The largest absolute Gasteiger partial charge is 0.265 e. The van der Waals surface area contributed by atoms with E-state index < -0.39 is 10.0 Å². The molecule has 3 heterocycles. The molecule has 2 aromatic heterocycles. The molecule has 0 saturated carbocycles. The molecule has 1 fully saturated rings. The number of hydrogen-bond donors (Lipinski definition) is 1. The van der Waals surface area contributed by atoms with Crippen LogP contribution in [0.2, 0.25) is 0 Å². The Labute approximate surface area is 162 Å². The van der Waals surface area contributed by atoms with Crippen LogP contribution in [0.3, 0.4) is 0 Å². The maximum atomic E-state index is 12.8. The lowest BCUT2D eigenvalue weighted by Gasteiger charge is -2.16. The first-order chi connectivity index (χ1) is 13.6. The standard InChI is InChI=1S/C19H18N6O2S/c20-12-14-1-3-17(4-2-14)28(26,27)25-10-7-15(13-25)11-18-22-19(24-23-18)16-5-8-21-9-6-16/h1-6,8-9,15H,7,10-11,13H2,(H,22,23,24). The van der Waals surface area contributed by atoms with Crippen LogP contribution in [0.4, 0.5) is 0 Å². The van der Waals surface area contributed by atoms with Gasteiger partial charge in [0.1, 0.15) is 5.82 Å². The van der Waals surface area contributed by atoms with Gasteiger partial charge < -0.3 is 0 Å². The zero-order chi connectivity index (χ0) is 19.6. The topological polar surface area (TPSA) is 116 Å². The van der Waals surface area contributed by atoms with Gasteiger partial charge in [-0.15, -0.1) is 0 Å². The van der Waals surface area contributed by atoms with E-state index in [-0.39, 0.29) is 10.8 Å². The molecule has 1 aliphatic heterocycles. The lowest BCUT2D eigenvalue weighted by molar-refractivity contribution is 0.453. The van der Waals surface area contributed by atoms with Crippen LogP contribution in [0.1, 0.15) is 17.8 Å². The summed E-state index contributed by atoms with van der Waals surface area (Å²) in [7, 11) is -3.56. The second-order valence-electron chi connectivity index (χ2n) is 6.70. The van der Waals surface area contributed by atoms with Crippen molar-refractivity contribution in [1.29, 1.82) is 5.26 Å². The van der Waals surface area contributed by atoms with Gasteiger partial charge in [-0.1, -0.05) is 0 Å². The summed E-state index contributed by atoms with van der Waals surface area (Å²) >= 11 is 0. The number of nitrogens with one attached hydrogen (secondary N) is 1. The molecule has 1 N–H and O–H groups in total. The van der Waals surface area contributed by atoms with Gasteiger partial charge in [0, 0.05) is 37.5 Å². The Morgan fingerprint density at radius 3 is 2.64 bits per heavy atom. The first-order valence-corrected chi connectivity index (χ1v) is 10.3. The van der Waals surface area contributed by atoms with Crippen molar-refractivity contribution >= 4 is 10.0 Å². The Balaban J connectivity index is 1.43. The first kappa shape index (κ1) is 18.3. The first-order valence-electron chi connectivity index (χ1n) is 8.88. The zero-order valence-corrected chi connectivity index (χ0v) is 15.8. The molecule has 0 radical (unpaired) electrons. The quantitative estimate of drug-likeness (QED) is 0.707. The number of aromatic amines is 1. The number of H-pyrrole nitrogens is 1. The minimum Gasteiger partial charge on any atom is -0.265 e. The number of sulfonamides is 1. The highest BCUT2D eigenvalue weighted by Crippen LogP contribution is 2.26. The highest BCUT2D eigenvalue weighted by Gasteiger charge is 2.33. The number of nitrogens with zero attached hydrogens (tertiary/aromatic N) is 5. The summed E-state index contributed by atoms with van der Waals surface area (Å²) in [5.41, 5.74) is 1.32. The van der Waals surface area contributed by atoms with Gasteiger partial charge in [0.15, 0.2) is 5.82 Å². The van der Waals surface area contributed by atoms with E-state index >= 15 is 0 Å². The molecule has 3 aromatic rings. The molecule has 4 rings (SSSR count). The van der Waals surface area contributed by atoms with Crippen molar-refractivity contribution in [2.75, 3.05) is 13.1 Å². The van der Waals surface area contributed by atoms with Gasteiger partial charge in [-0.2, -0.15) is 14.7 Å². The lowest BCUT2D eigenvalue weighted by atomic mass is 10.1. The molecule has 0 aliphatic carbocycles. The zero-order valence-electron chi connectivity index (χ0n) is 15.0. The highest BCUT2D eigenvalue weighted by atomic mass is 32.2. The molecule has 0 amide bonds. The third-order valence-corrected chi connectivity index (χ3v) is 6.70. The van der Waals surface area contributed by atoms with E-state index in [1.165, 1.54) is 28.6 Å². The molecular weight excluding hydrogens is 376 g/mol. The SMILES string of the molecule is N#Cc1ccc(S(=O)(=O)N2CCC(Cc3nc(-c4ccncc4)n[nH]3)C2)cc1. The van der Waals surface area contributed by atoms with E-state index in [4.69, 9.17) is 5.26 Å². The monoisotopic (exact) mass is 394 g/mol. The second kappa shape index (κ2) is 7.50. The van der Waals surface area contributed by atoms with Gasteiger partial charge in [0.05, 0.1) is 16.5 Å². The molecule has 0 spiro atoms. The van der Waals surface area contributed by atoms with Crippen LogP contribution in [0.25, 0.3) is 11.4 Å². The molecule has 8 nitrogen and oxygen atoms in total. The van der Waals surface area contributed by atoms with Crippen LogP contribution in [0, 0.1) is 17.2 Å². The van der Waals surface area contributed by atoms with E-state index in [1.807, 2.05) is 18.2 Å². The van der Waals surface area contributed by atoms with Crippen LogP contribution in [-0.2, 0) is 16.4 Å². The fraction of sp³-hybridized carbons (Fsp3) is 0.263. The number of benzene rings is 1. The van der Waals surface area contributed by atoms with Crippen molar-refractivity contribution < 1.29 is 8.42 Å². The lowest BCUT2D eigenvalue weighted by Crippen LogP contribution is -2.29. The summed E-state index contributed by atoms with van der Waals surface area (Å²) in [4.78, 5) is 8.71. The van der Waals surface area contributed by atoms with E-state index in [9.17, 15) is 8.42 Å². The molecule has 0 bridgehead atoms. The van der Waals surface area contributed by atoms with Crippen molar-refractivity contribution in [3.63, 3.8) is 0 Å². The number of hydrogen-bond acceptors (Lipinski definition) is 6. The Kier molecular flexibility index (Phi) is 4.90. The second-order valence-corrected chi connectivity index (χ2v) is 8.64. The molecular formula is C19H18N6O2S. The Bertz CT molecular complexity index is 1100. The van der Waals surface area contributed by atoms with Crippen LogP contribution < -0.4 is 0 Å². The molecule has 28 heavy (non-hydrogen) atoms. The van der Waals surface area contributed by atoms with E-state index in [1.54, 1.807) is 12.4 Å². The average Bonchev–Trinajstić information content (AvgIpc) is 3.39. The molecule has 1 atom stereocenters. The number of rotatable bonds is 5. The summed E-state index contributed by atoms with van der Waals surface area (Å²) in [6.07, 6.45) is 4.78. The predicted molar refractivity (Wildman–Crippen MR) is 101 cm³/mol. The molecule has 142 valence electrons. The van der Waals surface area contributed by atoms with Gasteiger partial charge >= 0.3 is 0 Å². The van der Waals surface area contributed by atoms with Crippen molar-refractivity contribution in [3.05, 3.63) is 60.2 Å². The summed E-state index contributed by atoms with van der Waals surface area (Å²) in [6.45, 7) is 0.909. The normalized spacial score (nSPS) is 17.5. The minimum absolute atomic E-state index is 0.173. The molecule has 9 heteroatoms. The number of aromatic nitrogens is 4. The fourth-order valence-corrected chi connectivity index (χ4v) is 4.85. The maximum absolute atomic E-state index is 12.8. The minimum atomic E-state index is -3.56. The molecule has 1 aliphatic rings. The van der Waals surface area contributed by atoms with Crippen LogP contribution >= 0.6 is 0 Å². The van der Waals surface area contributed by atoms with Gasteiger partial charge in [0.25, 0.3) is 0 Å². The fourth-order valence-electron chi connectivity index (χ4n) is 3.32. The van der Waals surface area contributed by atoms with Crippen LogP contribution in [0.5, 0.6) is 0 Å². The van der Waals surface area contributed by atoms with E-state index in [0.29, 0.717) is 30.9 Å². The molecule has 1 unspecified atom stereocenters. The number of pyridine rings is 1. The summed E-state index contributed by atoms with van der Waals surface area (Å²) < 4.78 is 27.1. The van der Waals surface area contributed by atoms with Gasteiger partial charge in [-0.05, 0) is 48.7 Å². The average molecular weight is 394 g/mol. The Morgan fingerprint density at radius 1 is 1.18 bits per heavy atom. The smallest absolute Gasteiger partial charge is 0.243 e. The van der Waals surface area contributed by atoms with Crippen molar-refractivity contribution in [1.82, 2.24) is 24.5 Å². The van der Waals surface area contributed by atoms with Gasteiger partial charge in [-0.3, -0.25) is 10.1 Å². The summed E-state index contributed by atoms with van der Waals surface area (Å²) in [5.74, 6) is 1.53. The van der Waals surface area contributed by atoms with Crippen molar-refractivity contribution in [2.45, 2.75) is 17.7 Å². The van der Waals surface area contributed by atoms with Crippen molar-refractivity contribution in [2.24, 2.45) is 5.92 Å². The Morgan fingerprint density at radius 2 is 1.93 bits per heavy atom. The maximum Gasteiger partial charge on any atom is 0.243 e. The molecule has 1 aromatic carbocycles. The van der Waals surface area contributed by atoms with Gasteiger partial charge in [-0.25, -0.2) is 13.4 Å². The van der Waals surface area contributed by atoms with Gasteiger partial charge in [0.2, 0.25) is 10.0 Å². The predicted octanol–water partition coefficient (Wildman–Crippen LogP) is 1.99. The van der Waals surface area contributed by atoms with E-state index in [0.717, 1.165) is 17.8 Å². The summed E-state index contributed by atoms with van der Waals surface area (Å²) in [5, 5.41) is 16.1. The molecule has 1 saturated heterocycles. The third-order valence-electron chi connectivity index (χ3n) is 4.82. The number of nitriles is 1. The van der Waals surface area contributed by atoms with Crippen molar-refractivity contribution in [3.8, 4) is 17.5 Å². The highest BCUT2D eigenvalue weighted by molar-refractivity contribution is 7.89. The van der Waals surface area contributed by atoms with E-state index in [2.05, 4.69) is 20.2 Å². The summed E-state index contributed by atoms with van der Waals surface area (Å²) in [6, 6.07) is 11.7. The third kappa shape index (κ3) is 3.65. The van der Waals surface area contributed by atoms with Crippen LogP contribution in [-0.4, -0.2) is 46.0 Å². The van der Waals surface area contributed by atoms with Crippen LogP contribution in [0.15, 0.2) is 53.7 Å². The Hall–Kier alpha value is -3.09.